The number of nitrogen functional groups attached to an aromatic ring is 1. The van der Waals surface area contributed by atoms with Crippen molar-refractivity contribution in [3.8, 4) is 0 Å². The zero-order chi connectivity index (χ0) is 14.7. The van der Waals surface area contributed by atoms with Gasteiger partial charge in [-0.2, -0.15) is 0 Å². The Labute approximate surface area is 138 Å². The Bertz CT molecular complexity index is 515. The maximum atomic E-state index is 12.6. The minimum absolute atomic E-state index is 0. The number of hydrogen-bond acceptors (Lipinski definition) is 3. The van der Waals surface area contributed by atoms with Crippen LogP contribution >= 0.6 is 12.4 Å². The smallest absolute Gasteiger partial charge is 0.226 e. The summed E-state index contributed by atoms with van der Waals surface area (Å²) in [7, 11) is 0. The summed E-state index contributed by atoms with van der Waals surface area (Å²) in [5.41, 5.74) is 9.02. The highest BCUT2D eigenvalue weighted by Gasteiger charge is 2.24. The molecule has 0 radical (unpaired) electrons. The number of amides is 1. The Kier molecular flexibility index (Phi) is 6.09. The van der Waals surface area contributed by atoms with Gasteiger partial charge in [-0.05, 0) is 55.7 Å². The Balaban J connectivity index is 0.00000176. The van der Waals surface area contributed by atoms with Gasteiger partial charge < -0.3 is 15.4 Å². The lowest BCUT2D eigenvalue weighted by Gasteiger charge is -2.31. The van der Waals surface area contributed by atoms with Crippen LogP contribution in [0.1, 0.15) is 37.7 Å². The molecule has 122 valence electrons. The van der Waals surface area contributed by atoms with Crippen molar-refractivity contribution in [1.29, 1.82) is 0 Å². The third-order valence-electron chi connectivity index (χ3n) is 4.70. The molecule has 3 rings (SSSR count). The molecule has 1 aromatic carbocycles. The van der Waals surface area contributed by atoms with Gasteiger partial charge in [0.25, 0.3) is 0 Å². The highest BCUT2D eigenvalue weighted by molar-refractivity contribution is 5.95. The predicted octanol–water partition coefficient (Wildman–Crippen LogP) is 3.18. The lowest BCUT2D eigenvalue weighted by Crippen LogP contribution is -2.36. The van der Waals surface area contributed by atoms with Gasteiger partial charge in [0.15, 0.2) is 0 Å². The monoisotopic (exact) mass is 324 g/mol. The van der Waals surface area contributed by atoms with E-state index in [1.165, 1.54) is 0 Å². The molecule has 1 amide bonds. The SMILES string of the molecule is Cl.Nc1cccc2c1CCCN2C(=O)CCC1CCOCC1. The van der Waals surface area contributed by atoms with E-state index in [9.17, 15) is 4.79 Å². The number of ether oxygens (including phenoxy) is 1. The number of hydrogen-bond donors (Lipinski definition) is 1. The summed E-state index contributed by atoms with van der Waals surface area (Å²) in [4.78, 5) is 14.5. The van der Waals surface area contributed by atoms with Crippen LogP contribution in [0.25, 0.3) is 0 Å². The number of fused-ring (bicyclic) bond motifs is 1. The fraction of sp³-hybridized carbons (Fsp3) is 0.588. The molecule has 2 heterocycles. The molecule has 1 fully saturated rings. The fourth-order valence-electron chi connectivity index (χ4n) is 3.41. The van der Waals surface area contributed by atoms with E-state index in [1.54, 1.807) is 0 Å². The summed E-state index contributed by atoms with van der Waals surface area (Å²) in [6, 6.07) is 5.89. The van der Waals surface area contributed by atoms with E-state index in [2.05, 4.69) is 0 Å². The summed E-state index contributed by atoms with van der Waals surface area (Å²) in [6.07, 6.45) is 5.79. The minimum Gasteiger partial charge on any atom is -0.398 e. The van der Waals surface area contributed by atoms with Gasteiger partial charge >= 0.3 is 0 Å². The summed E-state index contributed by atoms with van der Waals surface area (Å²) >= 11 is 0. The number of carbonyl (C=O) groups is 1. The van der Waals surface area contributed by atoms with Gasteiger partial charge in [0.1, 0.15) is 0 Å². The van der Waals surface area contributed by atoms with E-state index in [0.29, 0.717) is 12.3 Å². The number of rotatable bonds is 3. The lowest BCUT2D eigenvalue weighted by atomic mass is 9.94. The molecule has 0 aromatic heterocycles. The average molecular weight is 325 g/mol. The third kappa shape index (κ3) is 3.73. The van der Waals surface area contributed by atoms with Crippen LogP contribution in [0.5, 0.6) is 0 Å². The van der Waals surface area contributed by atoms with Gasteiger partial charge in [0, 0.05) is 37.6 Å². The molecule has 2 aliphatic heterocycles. The molecule has 1 saturated heterocycles. The van der Waals surface area contributed by atoms with Crippen LogP contribution in [0, 0.1) is 5.92 Å². The molecule has 0 aliphatic carbocycles. The quantitative estimate of drug-likeness (QED) is 0.869. The first-order chi connectivity index (χ1) is 10.3. The van der Waals surface area contributed by atoms with Crippen LogP contribution < -0.4 is 10.6 Å². The van der Waals surface area contributed by atoms with E-state index in [1.807, 2.05) is 23.1 Å². The highest BCUT2D eigenvalue weighted by atomic mass is 35.5. The van der Waals surface area contributed by atoms with Crippen molar-refractivity contribution >= 4 is 29.7 Å². The lowest BCUT2D eigenvalue weighted by molar-refractivity contribution is -0.119. The number of halogens is 1. The Hall–Kier alpha value is -1.26. The standard InChI is InChI=1S/C17H24N2O2.ClH/c18-15-4-1-5-16-14(15)3-2-10-19(16)17(20)7-6-13-8-11-21-12-9-13;/h1,4-5,13H,2-3,6-12,18H2;1H. The fourth-order valence-corrected chi connectivity index (χ4v) is 3.41. The van der Waals surface area contributed by atoms with Crippen LogP contribution in [0.2, 0.25) is 0 Å². The van der Waals surface area contributed by atoms with Gasteiger partial charge in [-0.1, -0.05) is 6.07 Å². The van der Waals surface area contributed by atoms with Gasteiger partial charge in [-0.15, -0.1) is 12.4 Å². The molecule has 2 aliphatic rings. The van der Waals surface area contributed by atoms with Crippen molar-refractivity contribution in [2.24, 2.45) is 5.92 Å². The Morgan fingerprint density at radius 2 is 2.09 bits per heavy atom. The van der Waals surface area contributed by atoms with Gasteiger partial charge in [-0.3, -0.25) is 4.79 Å². The van der Waals surface area contributed by atoms with Crippen LogP contribution in [0.3, 0.4) is 0 Å². The van der Waals surface area contributed by atoms with Gasteiger partial charge in [0.2, 0.25) is 5.91 Å². The first-order valence-electron chi connectivity index (χ1n) is 8.01. The molecule has 22 heavy (non-hydrogen) atoms. The van der Waals surface area contributed by atoms with Crippen molar-refractivity contribution in [2.45, 2.75) is 38.5 Å². The molecule has 0 spiro atoms. The first kappa shape index (κ1) is 17.1. The van der Waals surface area contributed by atoms with E-state index >= 15 is 0 Å². The van der Waals surface area contributed by atoms with Crippen molar-refractivity contribution in [3.05, 3.63) is 23.8 Å². The minimum atomic E-state index is 0. The molecule has 5 heteroatoms. The number of benzene rings is 1. The van der Waals surface area contributed by atoms with Crippen molar-refractivity contribution in [1.82, 2.24) is 0 Å². The Morgan fingerprint density at radius 3 is 2.86 bits per heavy atom. The normalized spacial score (nSPS) is 18.5. The first-order valence-corrected chi connectivity index (χ1v) is 8.01. The van der Waals surface area contributed by atoms with E-state index in [0.717, 1.165) is 68.8 Å². The van der Waals surface area contributed by atoms with E-state index in [4.69, 9.17) is 10.5 Å². The van der Waals surface area contributed by atoms with Crippen molar-refractivity contribution in [2.75, 3.05) is 30.4 Å². The highest BCUT2D eigenvalue weighted by Crippen LogP contribution is 2.32. The Morgan fingerprint density at radius 1 is 1.32 bits per heavy atom. The molecule has 4 nitrogen and oxygen atoms in total. The summed E-state index contributed by atoms with van der Waals surface area (Å²) in [5.74, 6) is 0.890. The largest absolute Gasteiger partial charge is 0.398 e. The maximum Gasteiger partial charge on any atom is 0.226 e. The number of carbonyl (C=O) groups excluding carboxylic acids is 1. The topological polar surface area (TPSA) is 55.6 Å². The number of nitrogens with zero attached hydrogens (tertiary/aromatic N) is 1. The maximum absolute atomic E-state index is 12.6. The van der Waals surface area contributed by atoms with Gasteiger partial charge in [-0.25, -0.2) is 0 Å². The van der Waals surface area contributed by atoms with E-state index < -0.39 is 0 Å². The zero-order valence-electron chi connectivity index (χ0n) is 12.9. The van der Waals surface area contributed by atoms with Gasteiger partial charge in [0.05, 0.1) is 0 Å². The average Bonchev–Trinajstić information content (AvgIpc) is 2.53. The van der Waals surface area contributed by atoms with Crippen LogP contribution in [-0.4, -0.2) is 25.7 Å². The molecule has 1 aromatic rings. The predicted molar refractivity (Wildman–Crippen MR) is 91.6 cm³/mol. The second kappa shape index (κ2) is 7.84. The molecule has 0 saturated carbocycles. The number of anilines is 2. The van der Waals surface area contributed by atoms with Crippen molar-refractivity contribution < 1.29 is 9.53 Å². The summed E-state index contributed by atoms with van der Waals surface area (Å²) in [5, 5.41) is 0. The molecular formula is C17H25ClN2O2. The number of nitrogens with two attached hydrogens (primary N) is 1. The third-order valence-corrected chi connectivity index (χ3v) is 4.70. The summed E-state index contributed by atoms with van der Waals surface area (Å²) in [6.45, 7) is 2.52. The van der Waals surface area contributed by atoms with Crippen LogP contribution in [-0.2, 0) is 16.0 Å². The molecule has 2 N–H and O–H groups in total. The zero-order valence-corrected chi connectivity index (χ0v) is 13.7. The van der Waals surface area contributed by atoms with E-state index in [-0.39, 0.29) is 18.3 Å². The van der Waals surface area contributed by atoms with Crippen LogP contribution in [0.15, 0.2) is 18.2 Å². The molecule has 0 atom stereocenters. The molecule has 0 unspecified atom stereocenters. The van der Waals surface area contributed by atoms with Crippen LogP contribution in [0.4, 0.5) is 11.4 Å². The molecular weight excluding hydrogens is 300 g/mol. The summed E-state index contributed by atoms with van der Waals surface area (Å²) < 4.78 is 5.37. The second-order valence-electron chi connectivity index (χ2n) is 6.09. The molecule has 0 bridgehead atoms. The van der Waals surface area contributed by atoms with Crippen molar-refractivity contribution in [3.63, 3.8) is 0 Å². The second-order valence-corrected chi connectivity index (χ2v) is 6.09.